The fraction of sp³-hybridized carbons (Fsp3) is 0.182. The van der Waals surface area contributed by atoms with Crippen LogP contribution >= 0.6 is 46.4 Å². The van der Waals surface area contributed by atoms with E-state index in [0.717, 1.165) is 11.1 Å². The molecular formula is C44H38Cl4N8O6. The molecule has 2 atom stereocenters. The number of hydrogen-bond donors (Lipinski definition) is 4. The van der Waals surface area contributed by atoms with Crippen LogP contribution in [0, 0.1) is 13.8 Å². The van der Waals surface area contributed by atoms with E-state index in [-0.39, 0.29) is 44.3 Å². The minimum Gasteiger partial charge on any atom is -0.324 e. The van der Waals surface area contributed by atoms with E-state index < -0.39 is 47.3 Å². The molecule has 2 unspecified atom stereocenters. The highest BCUT2D eigenvalue weighted by atomic mass is 35.5. The van der Waals surface area contributed by atoms with Gasteiger partial charge in [0, 0.05) is 34.5 Å². The van der Waals surface area contributed by atoms with Gasteiger partial charge in [-0.05, 0) is 123 Å². The highest BCUT2D eigenvalue weighted by Crippen LogP contribution is 2.28. The molecule has 0 radical (unpaired) electrons. The van der Waals surface area contributed by atoms with Crippen molar-refractivity contribution in [1.82, 2.24) is 0 Å². The molecule has 0 fully saturated rings. The average Bonchev–Trinajstić information content (AvgIpc) is 3.23. The predicted octanol–water partition coefficient (Wildman–Crippen LogP) is 11.0. The van der Waals surface area contributed by atoms with Gasteiger partial charge in [0.05, 0.1) is 32.5 Å². The SMILES string of the molecule is CC(=O)C(N=Nc1ccc(Cl)c(C(=O)Nc2cccc(CCl)c2)c1)C(=O)Nc1cc(C)c(NC(=O)C(N=Nc2ccc(Cl)c(C(=O)Nc3cccc(CCl)c3)c2)C(C)=O)cc1C. The van der Waals surface area contributed by atoms with Crippen LogP contribution in [0.4, 0.5) is 34.1 Å². The number of nitrogens with zero attached hydrogens (tertiary/aromatic N) is 4. The summed E-state index contributed by atoms with van der Waals surface area (Å²) in [6.07, 6.45) is 0. The summed E-state index contributed by atoms with van der Waals surface area (Å²) in [4.78, 5) is 78.0. The molecule has 5 aromatic rings. The zero-order valence-electron chi connectivity index (χ0n) is 33.6. The second-order valence-electron chi connectivity index (χ2n) is 13.8. The minimum absolute atomic E-state index is 0.0853. The van der Waals surface area contributed by atoms with Gasteiger partial charge in [-0.2, -0.15) is 20.5 Å². The van der Waals surface area contributed by atoms with E-state index in [0.29, 0.717) is 33.9 Å². The molecule has 5 aromatic carbocycles. The predicted molar refractivity (Wildman–Crippen MR) is 242 cm³/mol. The van der Waals surface area contributed by atoms with Crippen molar-refractivity contribution in [2.24, 2.45) is 20.5 Å². The van der Waals surface area contributed by atoms with Crippen LogP contribution in [-0.2, 0) is 30.9 Å². The average molecular weight is 917 g/mol. The molecule has 0 aliphatic heterocycles. The Morgan fingerprint density at radius 3 is 1.27 bits per heavy atom. The Morgan fingerprint density at radius 1 is 0.532 bits per heavy atom. The lowest BCUT2D eigenvalue weighted by Gasteiger charge is -2.16. The van der Waals surface area contributed by atoms with Crippen molar-refractivity contribution in [3.8, 4) is 0 Å². The van der Waals surface area contributed by atoms with Gasteiger partial charge in [0.1, 0.15) is 0 Å². The zero-order chi connectivity index (χ0) is 45.1. The zero-order valence-corrected chi connectivity index (χ0v) is 36.6. The normalized spacial score (nSPS) is 12.1. The van der Waals surface area contributed by atoms with Crippen LogP contribution in [0.3, 0.4) is 0 Å². The molecule has 0 heterocycles. The fourth-order valence-corrected chi connectivity index (χ4v) is 6.47. The van der Waals surface area contributed by atoms with E-state index in [9.17, 15) is 28.8 Å². The number of carbonyl (C=O) groups is 6. The lowest BCUT2D eigenvalue weighted by molar-refractivity contribution is -0.127. The van der Waals surface area contributed by atoms with E-state index in [1.165, 1.54) is 50.2 Å². The molecule has 4 N–H and O–H groups in total. The molecule has 62 heavy (non-hydrogen) atoms. The molecule has 18 heteroatoms. The van der Waals surface area contributed by atoms with E-state index in [1.54, 1.807) is 62.4 Å². The van der Waals surface area contributed by atoms with Gasteiger partial charge in [0.15, 0.2) is 11.6 Å². The second kappa shape index (κ2) is 21.5. The molecular weight excluding hydrogens is 878 g/mol. The van der Waals surface area contributed by atoms with Gasteiger partial charge in [-0.3, -0.25) is 28.8 Å². The third-order valence-corrected chi connectivity index (χ3v) is 10.3. The van der Waals surface area contributed by atoms with Crippen LogP contribution in [0.1, 0.15) is 56.8 Å². The Bertz CT molecular complexity index is 2460. The van der Waals surface area contributed by atoms with Crippen molar-refractivity contribution in [3.63, 3.8) is 0 Å². The molecule has 318 valence electrons. The highest BCUT2D eigenvalue weighted by Gasteiger charge is 2.26. The fourth-order valence-electron chi connectivity index (χ4n) is 5.73. The van der Waals surface area contributed by atoms with E-state index in [2.05, 4.69) is 41.7 Å². The number of Topliss-reactive ketones (excluding diaryl/α,β-unsaturated/α-hetero) is 2. The lowest BCUT2D eigenvalue weighted by atomic mass is 10.1. The van der Waals surface area contributed by atoms with Gasteiger partial charge in [0.25, 0.3) is 23.6 Å². The third-order valence-electron chi connectivity index (χ3n) is 9.00. The standard InChI is InChI=1S/C44H38Cl4N8O6/c1-23-15-38(52-44(62)40(26(4)58)56-54-32-12-14-36(48)34(20-32)42(60)50-30-10-6-8-28(18-30)22-46)24(2)16-37(23)51-43(61)39(25(3)57)55-53-31-11-13-35(47)33(19-31)41(59)49-29-9-5-7-27(17-29)21-45/h5-20,39-40H,21-22H2,1-4H3,(H,49,59)(H,50,60)(H,51,61)(H,52,62). The summed E-state index contributed by atoms with van der Waals surface area (Å²) in [6, 6.07) is 22.6. The number of aryl methyl sites for hydroxylation is 2. The van der Waals surface area contributed by atoms with Crippen LogP contribution in [0.2, 0.25) is 10.0 Å². The van der Waals surface area contributed by atoms with Gasteiger partial charge in [-0.1, -0.05) is 47.5 Å². The first-order valence-corrected chi connectivity index (χ1v) is 20.5. The maximum Gasteiger partial charge on any atom is 0.258 e. The molecule has 5 rings (SSSR count). The van der Waals surface area contributed by atoms with Crippen LogP contribution in [-0.4, -0.2) is 47.3 Å². The minimum atomic E-state index is -1.55. The molecule has 0 bridgehead atoms. The Labute approximate surface area is 376 Å². The number of rotatable bonds is 16. The van der Waals surface area contributed by atoms with E-state index >= 15 is 0 Å². The number of azo groups is 2. The number of anilines is 4. The maximum atomic E-state index is 13.4. The monoisotopic (exact) mass is 914 g/mol. The van der Waals surface area contributed by atoms with Crippen LogP contribution in [0.15, 0.2) is 118 Å². The Balaban J connectivity index is 1.25. The van der Waals surface area contributed by atoms with Crippen molar-refractivity contribution in [1.29, 1.82) is 0 Å². The Morgan fingerprint density at radius 2 is 0.919 bits per heavy atom. The molecule has 4 amide bonds. The third kappa shape index (κ3) is 12.4. The summed E-state index contributed by atoms with van der Waals surface area (Å²) in [6.45, 7) is 5.69. The summed E-state index contributed by atoms with van der Waals surface area (Å²) in [5.74, 6) is -3.30. The van der Waals surface area contributed by atoms with Crippen molar-refractivity contribution < 1.29 is 28.8 Å². The number of hydrogen-bond acceptors (Lipinski definition) is 10. The van der Waals surface area contributed by atoms with Gasteiger partial charge in [0.2, 0.25) is 12.1 Å². The van der Waals surface area contributed by atoms with Gasteiger partial charge in [-0.25, -0.2) is 0 Å². The summed E-state index contributed by atoms with van der Waals surface area (Å²) < 4.78 is 0. The van der Waals surface area contributed by atoms with Crippen molar-refractivity contribution in [2.45, 2.75) is 51.5 Å². The molecule has 0 saturated carbocycles. The number of nitrogens with one attached hydrogen (secondary N) is 4. The van der Waals surface area contributed by atoms with Gasteiger partial charge in [-0.15, -0.1) is 23.2 Å². The van der Waals surface area contributed by atoms with Crippen molar-refractivity contribution in [2.75, 3.05) is 21.3 Å². The molecule has 0 aliphatic rings. The summed E-state index contributed by atoms with van der Waals surface area (Å²) >= 11 is 24.4. The Kier molecular flexibility index (Phi) is 16.2. The lowest BCUT2D eigenvalue weighted by Crippen LogP contribution is -2.32. The first kappa shape index (κ1) is 46.7. The molecule has 0 aromatic heterocycles. The number of carbonyl (C=O) groups excluding carboxylic acids is 6. The van der Waals surface area contributed by atoms with Gasteiger partial charge >= 0.3 is 0 Å². The summed E-state index contributed by atoms with van der Waals surface area (Å²) in [5, 5.41) is 27.3. The number of ketones is 2. The smallest absolute Gasteiger partial charge is 0.258 e. The topological polar surface area (TPSA) is 200 Å². The number of halogens is 4. The number of amides is 4. The molecule has 0 spiro atoms. The first-order chi connectivity index (χ1) is 29.6. The number of benzene rings is 5. The number of alkyl halides is 2. The van der Waals surface area contributed by atoms with Crippen LogP contribution in [0.25, 0.3) is 0 Å². The maximum absolute atomic E-state index is 13.4. The molecule has 14 nitrogen and oxygen atoms in total. The van der Waals surface area contributed by atoms with E-state index in [4.69, 9.17) is 46.4 Å². The Hall–Kier alpha value is -6.32. The quantitative estimate of drug-likeness (QED) is 0.0431. The van der Waals surface area contributed by atoms with Gasteiger partial charge < -0.3 is 21.3 Å². The highest BCUT2D eigenvalue weighted by molar-refractivity contribution is 6.35. The van der Waals surface area contributed by atoms with E-state index in [1.807, 2.05) is 12.1 Å². The van der Waals surface area contributed by atoms with Crippen molar-refractivity contribution in [3.05, 3.63) is 140 Å². The second-order valence-corrected chi connectivity index (χ2v) is 15.2. The molecule has 0 saturated heterocycles. The molecule has 0 aliphatic carbocycles. The summed E-state index contributed by atoms with van der Waals surface area (Å²) in [5.41, 5.74) is 4.73. The van der Waals surface area contributed by atoms with Crippen molar-refractivity contribution >= 4 is 116 Å². The largest absolute Gasteiger partial charge is 0.324 e. The summed E-state index contributed by atoms with van der Waals surface area (Å²) in [7, 11) is 0. The van der Waals surface area contributed by atoms with Crippen LogP contribution in [0.5, 0.6) is 0 Å². The first-order valence-electron chi connectivity index (χ1n) is 18.6. The van der Waals surface area contributed by atoms with Crippen LogP contribution < -0.4 is 21.3 Å².